The van der Waals surface area contributed by atoms with Crippen LogP contribution in [0.15, 0.2) is 18.2 Å². The SMILES string of the molecule is CCCCN(CC(N)=O)Cc1ccc(Cl)c([N+](=O)[O-])c1. The Morgan fingerprint density at radius 1 is 1.50 bits per heavy atom. The van der Waals surface area contributed by atoms with Gasteiger partial charge in [0.25, 0.3) is 5.69 Å². The zero-order valence-corrected chi connectivity index (χ0v) is 12.1. The van der Waals surface area contributed by atoms with Crippen LogP contribution in [0.5, 0.6) is 0 Å². The third-order valence-corrected chi connectivity index (χ3v) is 3.14. The number of amides is 1. The number of nitrogens with two attached hydrogens (primary N) is 1. The Kier molecular flexibility index (Phi) is 6.41. The second-order valence-electron chi connectivity index (χ2n) is 4.57. The number of rotatable bonds is 8. The van der Waals surface area contributed by atoms with Gasteiger partial charge >= 0.3 is 0 Å². The number of hydrogen-bond donors (Lipinski definition) is 1. The third-order valence-electron chi connectivity index (χ3n) is 2.82. The molecule has 2 N–H and O–H groups in total. The summed E-state index contributed by atoms with van der Waals surface area (Å²) in [5.74, 6) is -0.412. The van der Waals surface area contributed by atoms with Gasteiger partial charge in [0.05, 0.1) is 11.5 Å². The number of halogens is 1. The Bertz CT molecular complexity index is 494. The number of unbranched alkanes of at least 4 members (excludes halogenated alkanes) is 1. The van der Waals surface area contributed by atoms with E-state index in [0.29, 0.717) is 6.54 Å². The van der Waals surface area contributed by atoms with Crippen molar-refractivity contribution in [3.05, 3.63) is 38.9 Å². The van der Waals surface area contributed by atoms with E-state index in [4.69, 9.17) is 17.3 Å². The molecule has 0 saturated carbocycles. The fraction of sp³-hybridized carbons (Fsp3) is 0.462. The molecule has 1 amide bonds. The van der Waals surface area contributed by atoms with Crippen LogP contribution < -0.4 is 5.73 Å². The van der Waals surface area contributed by atoms with Crippen LogP contribution >= 0.6 is 11.6 Å². The van der Waals surface area contributed by atoms with Crippen molar-refractivity contribution in [1.29, 1.82) is 0 Å². The first-order valence-electron chi connectivity index (χ1n) is 6.37. The van der Waals surface area contributed by atoms with Crippen molar-refractivity contribution < 1.29 is 9.72 Å². The number of primary amides is 1. The van der Waals surface area contributed by atoms with E-state index < -0.39 is 10.8 Å². The first-order valence-corrected chi connectivity index (χ1v) is 6.75. The molecule has 0 aromatic heterocycles. The van der Waals surface area contributed by atoms with Crippen molar-refractivity contribution in [2.75, 3.05) is 13.1 Å². The van der Waals surface area contributed by atoms with Gasteiger partial charge in [0, 0.05) is 12.6 Å². The van der Waals surface area contributed by atoms with Gasteiger partial charge < -0.3 is 5.73 Å². The number of nitrogens with zero attached hydrogens (tertiary/aromatic N) is 2. The minimum Gasteiger partial charge on any atom is -0.369 e. The lowest BCUT2D eigenvalue weighted by molar-refractivity contribution is -0.384. The van der Waals surface area contributed by atoms with Crippen LogP contribution in [-0.2, 0) is 11.3 Å². The molecule has 0 unspecified atom stereocenters. The molecule has 0 aliphatic carbocycles. The highest BCUT2D eigenvalue weighted by Crippen LogP contribution is 2.25. The van der Waals surface area contributed by atoms with Gasteiger partial charge in [0.1, 0.15) is 5.02 Å². The van der Waals surface area contributed by atoms with E-state index >= 15 is 0 Å². The molecule has 0 radical (unpaired) electrons. The van der Waals surface area contributed by atoms with Gasteiger partial charge in [-0.05, 0) is 24.6 Å². The minimum atomic E-state index is -0.518. The van der Waals surface area contributed by atoms with Crippen molar-refractivity contribution in [3.8, 4) is 0 Å². The van der Waals surface area contributed by atoms with E-state index in [0.717, 1.165) is 24.9 Å². The monoisotopic (exact) mass is 299 g/mol. The predicted molar refractivity (Wildman–Crippen MR) is 77.5 cm³/mol. The molecule has 0 saturated heterocycles. The normalized spacial score (nSPS) is 10.8. The fourth-order valence-corrected chi connectivity index (χ4v) is 2.06. The van der Waals surface area contributed by atoms with Crippen LogP contribution in [0.4, 0.5) is 5.69 Å². The van der Waals surface area contributed by atoms with Crippen molar-refractivity contribution in [2.45, 2.75) is 26.3 Å². The lowest BCUT2D eigenvalue weighted by Gasteiger charge is -2.20. The molecule has 1 aromatic carbocycles. The highest BCUT2D eigenvalue weighted by Gasteiger charge is 2.15. The highest BCUT2D eigenvalue weighted by molar-refractivity contribution is 6.32. The van der Waals surface area contributed by atoms with Crippen LogP contribution in [0.3, 0.4) is 0 Å². The van der Waals surface area contributed by atoms with Crippen LogP contribution in [-0.4, -0.2) is 28.8 Å². The van der Waals surface area contributed by atoms with E-state index in [1.165, 1.54) is 12.1 Å². The Hall–Kier alpha value is -1.66. The molecule has 6 nitrogen and oxygen atoms in total. The minimum absolute atomic E-state index is 0.105. The molecule has 0 heterocycles. The maximum absolute atomic E-state index is 11.0. The molecule has 0 spiro atoms. The average Bonchev–Trinajstić information content (AvgIpc) is 2.37. The molecule has 0 bridgehead atoms. The highest BCUT2D eigenvalue weighted by atomic mass is 35.5. The zero-order valence-electron chi connectivity index (χ0n) is 11.3. The lowest BCUT2D eigenvalue weighted by atomic mass is 10.1. The Morgan fingerprint density at radius 3 is 2.75 bits per heavy atom. The smallest absolute Gasteiger partial charge is 0.288 e. The van der Waals surface area contributed by atoms with Gasteiger partial charge in [-0.25, -0.2) is 0 Å². The molecule has 20 heavy (non-hydrogen) atoms. The largest absolute Gasteiger partial charge is 0.369 e. The molecule has 110 valence electrons. The van der Waals surface area contributed by atoms with E-state index in [1.54, 1.807) is 6.07 Å². The summed E-state index contributed by atoms with van der Waals surface area (Å²) in [4.78, 5) is 23.2. The summed E-state index contributed by atoms with van der Waals surface area (Å²) >= 11 is 5.77. The van der Waals surface area contributed by atoms with Gasteiger partial charge in [-0.3, -0.25) is 19.8 Å². The molecule has 0 atom stereocenters. The first kappa shape index (κ1) is 16.4. The van der Waals surface area contributed by atoms with E-state index in [-0.39, 0.29) is 17.3 Å². The average molecular weight is 300 g/mol. The van der Waals surface area contributed by atoms with Gasteiger partial charge in [0.15, 0.2) is 0 Å². The van der Waals surface area contributed by atoms with Crippen LogP contribution in [0, 0.1) is 10.1 Å². The Labute approximate surface area is 122 Å². The number of nitro groups is 1. The van der Waals surface area contributed by atoms with E-state index in [9.17, 15) is 14.9 Å². The van der Waals surface area contributed by atoms with Crippen LogP contribution in [0.25, 0.3) is 0 Å². The standard InChI is InChI=1S/C13H18ClN3O3/c1-2-3-6-16(9-13(15)18)8-10-4-5-11(14)12(7-10)17(19)20/h4-5,7H,2-3,6,8-9H2,1H3,(H2,15,18). The summed E-state index contributed by atoms with van der Waals surface area (Å²) in [5.41, 5.74) is 5.82. The molecular weight excluding hydrogens is 282 g/mol. The predicted octanol–water partition coefficient (Wildman–Crippen LogP) is 2.34. The number of benzene rings is 1. The van der Waals surface area contributed by atoms with Gasteiger partial charge in [-0.2, -0.15) is 0 Å². The van der Waals surface area contributed by atoms with E-state index in [2.05, 4.69) is 6.92 Å². The third kappa shape index (κ3) is 5.14. The summed E-state index contributed by atoms with van der Waals surface area (Å²) in [6.07, 6.45) is 1.93. The van der Waals surface area contributed by atoms with Gasteiger partial charge in [0.2, 0.25) is 5.91 Å². The fourth-order valence-electron chi connectivity index (χ4n) is 1.87. The maximum atomic E-state index is 11.0. The van der Waals surface area contributed by atoms with Crippen molar-refractivity contribution >= 4 is 23.2 Å². The lowest BCUT2D eigenvalue weighted by Crippen LogP contribution is -2.34. The summed E-state index contributed by atoms with van der Waals surface area (Å²) in [6.45, 7) is 3.34. The number of hydrogen-bond acceptors (Lipinski definition) is 4. The van der Waals surface area contributed by atoms with Gasteiger partial charge in [-0.15, -0.1) is 0 Å². The molecule has 0 aliphatic rings. The van der Waals surface area contributed by atoms with E-state index in [1.807, 2.05) is 4.90 Å². The number of nitro benzene ring substituents is 1. The quantitative estimate of drug-likeness (QED) is 0.589. The van der Waals surface area contributed by atoms with Crippen molar-refractivity contribution in [2.24, 2.45) is 5.73 Å². The topological polar surface area (TPSA) is 89.5 Å². The maximum Gasteiger partial charge on any atom is 0.288 e. The summed E-state index contributed by atoms with van der Waals surface area (Å²) in [5, 5.41) is 10.9. The van der Waals surface area contributed by atoms with Crippen molar-refractivity contribution in [1.82, 2.24) is 4.90 Å². The Morgan fingerprint density at radius 2 is 2.20 bits per heavy atom. The Balaban J connectivity index is 2.84. The molecule has 7 heteroatoms. The molecule has 1 aromatic rings. The first-order chi connectivity index (χ1) is 9.43. The molecular formula is C13H18ClN3O3. The number of carbonyl (C=O) groups is 1. The zero-order chi connectivity index (χ0) is 15.1. The molecule has 0 aliphatic heterocycles. The van der Waals surface area contributed by atoms with Crippen LogP contribution in [0.1, 0.15) is 25.3 Å². The second-order valence-corrected chi connectivity index (χ2v) is 4.98. The summed E-state index contributed by atoms with van der Waals surface area (Å²) in [6, 6.07) is 4.65. The van der Waals surface area contributed by atoms with Crippen molar-refractivity contribution in [3.63, 3.8) is 0 Å². The van der Waals surface area contributed by atoms with Gasteiger partial charge in [-0.1, -0.05) is 31.0 Å². The van der Waals surface area contributed by atoms with Crippen LogP contribution in [0.2, 0.25) is 5.02 Å². The number of carbonyl (C=O) groups excluding carboxylic acids is 1. The summed E-state index contributed by atoms with van der Waals surface area (Å²) in [7, 11) is 0. The molecule has 0 fully saturated rings. The summed E-state index contributed by atoms with van der Waals surface area (Å²) < 4.78 is 0. The second kappa shape index (κ2) is 7.81. The molecule has 1 rings (SSSR count).